The van der Waals surface area contributed by atoms with Crippen LogP contribution in [0.4, 0.5) is 11.5 Å². The van der Waals surface area contributed by atoms with Gasteiger partial charge in [0, 0.05) is 24.2 Å². The number of anilines is 2. The molecule has 1 fully saturated rings. The molecule has 4 rings (SSSR count). The molecule has 1 N–H and O–H groups in total. The second kappa shape index (κ2) is 8.74. The minimum absolute atomic E-state index is 0.0564. The number of ether oxygens (including phenoxy) is 1. The van der Waals surface area contributed by atoms with Crippen LogP contribution < -0.4 is 15.0 Å². The molecule has 0 bridgehead atoms. The molecule has 1 aliphatic heterocycles. The van der Waals surface area contributed by atoms with Gasteiger partial charge >= 0.3 is 0 Å². The molecule has 5 heteroatoms. The van der Waals surface area contributed by atoms with E-state index in [1.807, 2.05) is 50.2 Å². The number of rotatable bonds is 5. The predicted molar refractivity (Wildman–Crippen MR) is 122 cm³/mol. The first kappa shape index (κ1) is 20.2. The van der Waals surface area contributed by atoms with Gasteiger partial charge in [-0.1, -0.05) is 31.2 Å². The molecular weight excluding hydrogens is 374 g/mol. The lowest BCUT2D eigenvalue weighted by molar-refractivity contribution is -0.118. The molecule has 2 heterocycles. The molecule has 1 saturated heterocycles. The molecule has 0 radical (unpaired) electrons. The molecule has 0 saturated carbocycles. The summed E-state index contributed by atoms with van der Waals surface area (Å²) in [5, 5.41) is 3.96. The van der Waals surface area contributed by atoms with Crippen LogP contribution in [0.15, 0.2) is 48.5 Å². The Bertz CT molecular complexity index is 1060. The standard InChI is InChI=1S/C25H29N3O2/c1-17-9-10-19(3)21(14-17)26-24(29)16-30-22-8-4-7-20-11-12-23(27-25(20)22)28-13-5-6-18(2)15-28/h4,7-12,14,18H,5-6,13,15-16H2,1-3H3,(H,26,29)/t18-/m1/s1. The van der Waals surface area contributed by atoms with Crippen LogP contribution >= 0.6 is 0 Å². The Kier molecular flexibility index (Phi) is 5.88. The zero-order valence-electron chi connectivity index (χ0n) is 17.9. The number of fused-ring (bicyclic) bond motifs is 1. The van der Waals surface area contributed by atoms with E-state index in [1.165, 1.54) is 12.8 Å². The third-order valence-electron chi connectivity index (χ3n) is 5.68. The van der Waals surface area contributed by atoms with Crippen LogP contribution in [0.25, 0.3) is 10.9 Å². The topological polar surface area (TPSA) is 54.5 Å². The van der Waals surface area contributed by atoms with Crippen LogP contribution in [0, 0.1) is 19.8 Å². The van der Waals surface area contributed by atoms with Crippen molar-refractivity contribution in [2.45, 2.75) is 33.6 Å². The molecular formula is C25H29N3O2. The van der Waals surface area contributed by atoms with Gasteiger partial charge in [-0.3, -0.25) is 4.79 Å². The van der Waals surface area contributed by atoms with E-state index in [9.17, 15) is 4.79 Å². The third-order valence-corrected chi connectivity index (χ3v) is 5.68. The van der Waals surface area contributed by atoms with Gasteiger partial charge in [0.05, 0.1) is 0 Å². The van der Waals surface area contributed by atoms with Gasteiger partial charge in [0.25, 0.3) is 5.91 Å². The van der Waals surface area contributed by atoms with Crippen LogP contribution in [0.5, 0.6) is 5.75 Å². The fourth-order valence-corrected chi connectivity index (χ4v) is 4.00. The van der Waals surface area contributed by atoms with Gasteiger partial charge in [0.1, 0.15) is 17.1 Å². The summed E-state index contributed by atoms with van der Waals surface area (Å²) in [7, 11) is 0. The van der Waals surface area contributed by atoms with Gasteiger partial charge in [0.15, 0.2) is 6.61 Å². The van der Waals surface area contributed by atoms with Crippen LogP contribution in [0.2, 0.25) is 0 Å². The number of aromatic nitrogens is 1. The normalized spacial score (nSPS) is 16.5. The van der Waals surface area contributed by atoms with Crippen molar-refractivity contribution in [2.75, 3.05) is 29.9 Å². The van der Waals surface area contributed by atoms with Gasteiger partial charge in [-0.25, -0.2) is 4.98 Å². The van der Waals surface area contributed by atoms with E-state index < -0.39 is 0 Å². The van der Waals surface area contributed by atoms with E-state index in [2.05, 4.69) is 29.3 Å². The SMILES string of the molecule is Cc1ccc(C)c(NC(=O)COc2cccc3ccc(N4CCC[C@@H](C)C4)nc23)c1. The van der Waals surface area contributed by atoms with Crippen LogP contribution in [0.1, 0.15) is 30.9 Å². The summed E-state index contributed by atoms with van der Waals surface area (Å²) in [6, 6.07) is 16.0. The number of aryl methyl sites for hydroxylation is 2. The van der Waals surface area contributed by atoms with Crippen molar-refractivity contribution in [3.05, 3.63) is 59.7 Å². The molecule has 0 spiro atoms. The monoisotopic (exact) mass is 403 g/mol. The highest BCUT2D eigenvalue weighted by molar-refractivity contribution is 5.93. The van der Waals surface area contributed by atoms with Crippen molar-refractivity contribution in [1.29, 1.82) is 0 Å². The van der Waals surface area contributed by atoms with E-state index in [1.54, 1.807) is 0 Å². The maximum atomic E-state index is 12.5. The lowest BCUT2D eigenvalue weighted by atomic mass is 10.0. The smallest absolute Gasteiger partial charge is 0.262 e. The molecule has 0 unspecified atom stereocenters. The summed E-state index contributed by atoms with van der Waals surface area (Å²) in [6.45, 7) is 8.28. The molecule has 5 nitrogen and oxygen atoms in total. The first-order chi connectivity index (χ1) is 14.5. The number of carbonyl (C=O) groups excluding carboxylic acids is 1. The number of nitrogens with one attached hydrogen (secondary N) is 1. The summed E-state index contributed by atoms with van der Waals surface area (Å²) < 4.78 is 5.89. The number of para-hydroxylation sites is 1. The van der Waals surface area contributed by atoms with Crippen LogP contribution in [-0.4, -0.2) is 30.6 Å². The Balaban J connectivity index is 1.50. The molecule has 3 aromatic rings. The zero-order chi connectivity index (χ0) is 21.1. The molecule has 1 aliphatic rings. The van der Waals surface area contributed by atoms with Gasteiger partial charge < -0.3 is 15.0 Å². The van der Waals surface area contributed by atoms with E-state index in [0.717, 1.165) is 46.6 Å². The maximum Gasteiger partial charge on any atom is 0.262 e. The third kappa shape index (κ3) is 4.56. The summed E-state index contributed by atoms with van der Waals surface area (Å²) >= 11 is 0. The highest BCUT2D eigenvalue weighted by Crippen LogP contribution is 2.28. The van der Waals surface area contributed by atoms with E-state index in [4.69, 9.17) is 9.72 Å². The number of benzene rings is 2. The molecule has 2 aromatic carbocycles. The lowest BCUT2D eigenvalue weighted by Gasteiger charge is -2.32. The number of piperidine rings is 1. The number of hydrogen-bond donors (Lipinski definition) is 1. The van der Waals surface area contributed by atoms with Gasteiger partial charge in [-0.2, -0.15) is 0 Å². The zero-order valence-corrected chi connectivity index (χ0v) is 17.9. The molecule has 30 heavy (non-hydrogen) atoms. The minimum atomic E-state index is -0.179. The highest BCUT2D eigenvalue weighted by Gasteiger charge is 2.18. The number of carbonyl (C=O) groups is 1. The Morgan fingerprint density at radius 3 is 2.90 bits per heavy atom. The van der Waals surface area contributed by atoms with Crippen molar-refractivity contribution in [3.8, 4) is 5.75 Å². The fourth-order valence-electron chi connectivity index (χ4n) is 4.00. The van der Waals surface area contributed by atoms with E-state index in [0.29, 0.717) is 11.7 Å². The second-order valence-electron chi connectivity index (χ2n) is 8.35. The Hall–Kier alpha value is -3.08. The van der Waals surface area contributed by atoms with Crippen molar-refractivity contribution in [3.63, 3.8) is 0 Å². The number of pyridine rings is 1. The van der Waals surface area contributed by atoms with Crippen molar-refractivity contribution in [2.24, 2.45) is 5.92 Å². The Labute approximate surface area is 178 Å². The summed E-state index contributed by atoms with van der Waals surface area (Å²) in [6.07, 6.45) is 2.46. The first-order valence-electron chi connectivity index (χ1n) is 10.6. The predicted octanol–water partition coefficient (Wildman–Crippen LogP) is 5.11. The average molecular weight is 404 g/mol. The van der Waals surface area contributed by atoms with E-state index >= 15 is 0 Å². The molecule has 1 amide bonds. The van der Waals surface area contributed by atoms with Crippen LogP contribution in [0.3, 0.4) is 0 Å². The lowest BCUT2D eigenvalue weighted by Crippen LogP contribution is -2.34. The van der Waals surface area contributed by atoms with Crippen molar-refractivity contribution in [1.82, 2.24) is 4.98 Å². The number of hydrogen-bond acceptors (Lipinski definition) is 4. The second-order valence-corrected chi connectivity index (χ2v) is 8.35. The molecule has 1 atom stereocenters. The summed E-state index contributed by atoms with van der Waals surface area (Å²) in [4.78, 5) is 19.7. The number of nitrogens with zero attached hydrogens (tertiary/aromatic N) is 2. The Morgan fingerprint density at radius 2 is 2.07 bits per heavy atom. The minimum Gasteiger partial charge on any atom is -0.481 e. The quantitative estimate of drug-likeness (QED) is 0.643. The molecule has 1 aromatic heterocycles. The summed E-state index contributed by atoms with van der Waals surface area (Å²) in [5.74, 6) is 2.11. The largest absolute Gasteiger partial charge is 0.481 e. The Morgan fingerprint density at radius 1 is 1.20 bits per heavy atom. The van der Waals surface area contributed by atoms with Gasteiger partial charge in [-0.15, -0.1) is 0 Å². The van der Waals surface area contributed by atoms with Gasteiger partial charge in [0.2, 0.25) is 0 Å². The highest BCUT2D eigenvalue weighted by atomic mass is 16.5. The number of amides is 1. The van der Waals surface area contributed by atoms with Crippen molar-refractivity contribution >= 4 is 28.3 Å². The molecule has 0 aliphatic carbocycles. The van der Waals surface area contributed by atoms with Gasteiger partial charge in [-0.05, 0) is 68.0 Å². The maximum absolute atomic E-state index is 12.5. The average Bonchev–Trinajstić information content (AvgIpc) is 2.74. The molecule has 156 valence electrons. The summed E-state index contributed by atoms with van der Waals surface area (Å²) in [5.41, 5.74) is 3.75. The van der Waals surface area contributed by atoms with E-state index in [-0.39, 0.29) is 12.5 Å². The van der Waals surface area contributed by atoms with Crippen LogP contribution in [-0.2, 0) is 4.79 Å². The first-order valence-corrected chi connectivity index (χ1v) is 10.6. The fraction of sp³-hybridized carbons (Fsp3) is 0.360. The van der Waals surface area contributed by atoms with Crippen molar-refractivity contribution < 1.29 is 9.53 Å².